The van der Waals surface area contributed by atoms with Crippen molar-refractivity contribution in [1.29, 1.82) is 0 Å². The summed E-state index contributed by atoms with van der Waals surface area (Å²) in [6, 6.07) is 7.88. The predicted molar refractivity (Wildman–Crippen MR) is 114 cm³/mol. The van der Waals surface area contributed by atoms with E-state index in [1.807, 2.05) is 31.2 Å². The van der Waals surface area contributed by atoms with Crippen LogP contribution < -0.4 is 0 Å². The lowest BCUT2D eigenvalue weighted by atomic mass is 9.81. The third-order valence-corrected chi connectivity index (χ3v) is 7.06. The highest BCUT2D eigenvalue weighted by atomic mass is 32.2. The summed E-state index contributed by atoms with van der Waals surface area (Å²) in [5.41, 5.74) is 1.95. The van der Waals surface area contributed by atoms with Crippen molar-refractivity contribution in [3.05, 3.63) is 29.8 Å². The van der Waals surface area contributed by atoms with E-state index in [1.165, 1.54) is 4.90 Å². The Bertz CT molecular complexity index is 845. The highest BCUT2D eigenvalue weighted by Gasteiger charge is 2.48. The van der Waals surface area contributed by atoms with Crippen molar-refractivity contribution in [2.24, 2.45) is 16.8 Å². The van der Waals surface area contributed by atoms with Crippen molar-refractivity contribution in [1.82, 2.24) is 9.80 Å². The number of thioether (sulfide) groups is 1. The fourth-order valence-corrected chi connectivity index (χ4v) is 5.56. The van der Waals surface area contributed by atoms with E-state index in [9.17, 15) is 14.4 Å². The molecular formula is C22H27N3O3S. The van der Waals surface area contributed by atoms with E-state index in [4.69, 9.17) is 0 Å². The third-order valence-electron chi connectivity index (χ3n) is 5.99. The molecule has 1 saturated carbocycles. The maximum atomic E-state index is 12.9. The van der Waals surface area contributed by atoms with Gasteiger partial charge in [0.1, 0.15) is 0 Å². The molecule has 0 N–H and O–H groups in total. The molecular weight excluding hydrogens is 386 g/mol. The van der Waals surface area contributed by atoms with Crippen molar-refractivity contribution in [2.45, 2.75) is 51.2 Å². The van der Waals surface area contributed by atoms with Crippen LogP contribution in [0.4, 0.5) is 5.69 Å². The highest BCUT2D eigenvalue weighted by Crippen LogP contribution is 2.38. The normalized spacial score (nSPS) is 28.3. The van der Waals surface area contributed by atoms with Crippen molar-refractivity contribution < 1.29 is 14.4 Å². The van der Waals surface area contributed by atoms with Crippen LogP contribution in [0.3, 0.4) is 0 Å². The Hall–Kier alpha value is -2.15. The van der Waals surface area contributed by atoms with Gasteiger partial charge in [-0.25, -0.2) is 4.99 Å². The van der Waals surface area contributed by atoms with Gasteiger partial charge in [-0.2, -0.15) is 0 Å². The molecule has 2 aliphatic heterocycles. The number of hydrogen-bond donors (Lipinski definition) is 0. The molecule has 154 valence electrons. The molecule has 1 aromatic rings. The molecule has 0 aromatic heterocycles. The maximum absolute atomic E-state index is 12.9. The molecule has 0 bridgehead atoms. The average Bonchev–Trinajstić information content (AvgIpc) is 3.18. The Labute approximate surface area is 175 Å². The van der Waals surface area contributed by atoms with Crippen LogP contribution in [0.2, 0.25) is 0 Å². The van der Waals surface area contributed by atoms with Crippen LogP contribution in [-0.2, 0) is 14.4 Å². The second-order valence-electron chi connectivity index (χ2n) is 8.24. The summed E-state index contributed by atoms with van der Waals surface area (Å²) >= 11 is 1.59. The van der Waals surface area contributed by atoms with Gasteiger partial charge in [-0.15, -0.1) is 0 Å². The van der Waals surface area contributed by atoms with Crippen molar-refractivity contribution in [2.75, 3.05) is 13.1 Å². The predicted octanol–water partition coefficient (Wildman–Crippen LogP) is 3.51. The number of aliphatic imine (C=N–C) groups is 1. The molecule has 3 atom stereocenters. The van der Waals surface area contributed by atoms with E-state index in [-0.39, 0.29) is 47.8 Å². The highest BCUT2D eigenvalue weighted by molar-refractivity contribution is 8.14. The van der Waals surface area contributed by atoms with Crippen molar-refractivity contribution >= 4 is 40.3 Å². The lowest BCUT2D eigenvalue weighted by Gasteiger charge is -2.19. The minimum absolute atomic E-state index is 0.0784. The van der Waals surface area contributed by atoms with Crippen LogP contribution in [0.25, 0.3) is 0 Å². The zero-order chi connectivity index (χ0) is 20.5. The second-order valence-corrected chi connectivity index (χ2v) is 9.65. The standard InChI is InChI=1S/C22H27N3O3S/c1-14-6-5-7-16(12-14)23-22-25(13-15(2)29-22)19(26)10-11-24-20(27)17-8-3-4-9-18(17)21(24)28/h5-7,12,15,17-18H,3-4,8-11,13H2,1-2H3/t15-,17-,18-/m0/s1. The van der Waals surface area contributed by atoms with Crippen molar-refractivity contribution in [3.63, 3.8) is 0 Å². The van der Waals surface area contributed by atoms with Gasteiger partial charge >= 0.3 is 0 Å². The second kappa shape index (κ2) is 8.30. The molecule has 6 nitrogen and oxygen atoms in total. The van der Waals surface area contributed by atoms with E-state index in [0.29, 0.717) is 11.7 Å². The van der Waals surface area contributed by atoms with Gasteiger partial charge in [0.25, 0.3) is 0 Å². The molecule has 1 aromatic carbocycles. The lowest BCUT2D eigenvalue weighted by Crippen LogP contribution is -2.38. The number of aryl methyl sites for hydroxylation is 1. The van der Waals surface area contributed by atoms with Gasteiger partial charge in [0.05, 0.1) is 17.5 Å². The summed E-state index contributed by atoms with van der Waals surface area (Å²) in [5.74, 6) is -0.557. The van der Waals surface area contributed by atoms with E-state index in [2.05, 4.69) is 11.9 Å². The van der Waals surface area contributed by atoms with Gasteiger partial charge in [-0.3, -0.25) is 24.2 Å². The van der Waals surface area contributed by atoms with E-state index < -0.39 is 0 Å². The first kappa shape index (κ1) is 20.1. The number of imide groups is 1. The van der Waals surface area contributed by atoms with Gasteiger partial charge < -0.3 is 0 Å². The SMILES string of the molecule is Cc1cccc(N=C2S[C@@H](C)CN2C(=O)CCN2C(=O)[C@H]3CCCC[C@@H]3C2=O)c1. The fourth-order valence-electron chi connectivity index (χ4n) is 4.51. The summed E-state index contributed by atoms with van der Waals surface area (Å²) in [4.78, 5) is 45.9. The number of benzene rings is 1. The monoisotopic (exact) mass is 413 g/mol. The molecule has 3 aliphatic rings. The number of amidine groups is 1. The van der Waals surface area contributed by atoms with Gasteiger partial charge in [0, 0.05) is 24.8 Å². The number of amides is 3. The molecule has 4 rings (SSSR count). The Morgan fingerprint density at radius 3 is 2.52 bits per heavy atom. The number of likely N-dealkylation sites (tertiary alicyclic amines) is 1. The summed E-state index contributed by atoms with van der Waals surface area (Å²) in [7, 11) is 0. The van der Waals surface area contributed by atoms with Gasteiger partial charge in [-0.1, -0.05) is 43.7 Å². The zero-order valence-corrected chi connectivity index (χ0v) is 17.8. The van der Waals surface area contributed by atoms with Crippen LogP contribution in [0.5, 0.6) is 0 Å². The van der Waals surface area contributed by atoms with Crippen molar-refractivity contribution in [3.8, 4) is 0 Å². The number of rotatable bonds is 4. The molecule has 0 radical (unpaired) electrons. The van der Waals surface area contributed by atoms with E-state index >= 15 is 0 Å². The third kappa shape index (κ3) is 4.10. The minimum atomic E-state index is -0.160. The van der Waals surface area contributed by atoms with Crippen LogP contribution >= 0.6 is 11.8 Å². The summed E-state index contributed by atoms with van der Waals surface area (Å²) in [5, 5.41) is 0.960. The quantitative estimate of drug-likeness (QED) is 0.708. The summed E-state index contributed by atoms with van der Waals surface area (Å²) < 4.78 is 0. The lowest BCUT2D eigenvalue weighted by molar-refractivity contribution is -0.140. The maximum Gasteiger partial charge on any atom is 0.233 e. The Morgan fingerprint density at radius 1 is 1.17 bits per heavy atom. The molecule has 2 saturated heterocycles. The smallest absolute Gasteiger partial charge is 0.233 e. The molecule has 1 aliphatic carbocycles. The summed E-state index contributed by atoms with van der Waals surface area (Å²) in [6.07, 6.45) is 3.76. The molecule has 2 heterocycles. The average molecular weight is 414 g/mol. The largest absolute Gasteiger partial charge is 0.290 e. The van der Waals surface area contributed by atoms with E-state index in [1.54, 1.807) is 16.7 Å². The Kier molecular flexibility index (Phi) is 5.76. The fraction of sp³-hybridized carbons (Fsp3) is 0.545. The van der Waals surface area contributed by atoms with E-state index in [0.717, 1.165) is 36.9 Å². The molecule has 3 amide bonds. The Morgan fingerprint density at radius 2 is 1.86 bits per heavy atom. The molecule has 0 unspecified atom stereocenters. The van der Waals surface area contributed by atoms with Gasteiger partial charge in [0.15, 0.2) is 5.17 Å². The molecule has 0 spiro atoms. The van der Waals surface area contributed by atoms with Crippen LogP contribution in [0.1, 0.15) is 44.6 Å². The molecule has 7 heteroatoms. The van der Waals surface area contributed by atoms with Crippen LogP contribution in [0.15, 0.2) is 29.3 Å². The van der Waals surface area contributed by atoms with Gasteiger partial charge in [-0.05, 0) is 37.5 Å². The first-order valence-electron chi connectivity index (χ1n) is 10.4. The Balaban J connectivity index is 1.43. The molecule has 3 fully saturated rings. The zero-order valence-electron chi connectivity index (χ0n) is 17.0. The molecule has 29 heavy (non-hydrogen) atoms. The number of carbonyl (C=O) groups is 3. The summed E-state index contributed by atoms with van der Waals surface area (Å²) in [6.45, 7) is 4.86. The van der Waals surface area contributed by atoms with Gasteiger partial charge in [0.2, 0.25) is 17.7 Å². The number of nitrogens with zero attached hydrogens (tertiary/aromatic N) is 3. The first-order valence-corrected chi connectivity index (χ1v) is 11.3. The number of carbonyl (C=O) groups excluding carboxylic acids is 3. The van der Waals surface area contributed by atoms with Crippen LogP contribution in [-0.4, -0.2) is 51.0 Å². The topological polar surface area (TPSA) is 70.1 Å². The first-order chi connectivity index (χ1) is 13.9. The van der Waals surface area contributed by atoms with Crippen LogP contribution in [0, 0.1) is 18.8 Å². The number of fused-ring (bicyclic) bond motifs is 1. The minimum Gasteiger partial charge on any atom is -0.290 e. The number of hydrogen-bond acceptors (Lipinski definition) is 5.